The molecule has 0 unspecified atom stereocenters. The Balaban J connectivity index is 2.83. The second kappa shape index (κ2) is 6.93. The minimum absolute atomic E-state index is 0.0631. The van der Waals surface area contributed by atoms with Crippen LogP contribution in [0.4, 0.5) is 18.9 Å². The highest BCUT2D eigenvalue weighted by Gasteiger charge is 2.30. The van der Waals surface area contributed by atoms with Crippen molar-refractivity contribution < 1.29 is 26.4 Å². The number of nitrogens with one attached hydrogen (secondary N) is 1. The molecule has 122 valence electrons. The molecule has 22 heavy (non-hydrogen) atoms. The van der Waals surface area contributed by atoms with Crippen molar-refractivity contribution in [3.05, 3.63) is 42.5 Å². The normalized spacial score (nSPS) is 12.2. The highest BCUT2D eigenvalue weighted by atomic mass is 32.2. The number of benzene rings is 1. The van der Waals surface area contributed by atoms with Gasteiger partial charge in [0.2, 0.25) is 15.9 Å². The third kappa shape index (κ3) is 5.49. The minimum atomic E-state index is -4.53. The number of rotatable bonds is 6. The molecule has 0 bridgehead atoms. The maximum atomic E-state index is 12.6. The van der Waals surface area contributed by atoms with E-state index in [-0.39, 0.29) is 12.2 Å². The summed E-state index contributed by atoms with van der Waals surface area (Å²) in [7, 11) is -3.62. The van der Waals surface area contributed by atoms with Gasteiger partial charge in [0.25, 0.3) is 0 Å². The standard InChI is InChI=1S/C13H15F3N2O3S/c1-3-7-18(22(2,20)21)9-12(19)17-11-6-4-5-10(8-11)13(14,15)16/h3-6,8H,1,7,9H2,2H3,(H,17,19). The van der Waals surface area contributed by atoms with Crippen LogP contribution in [0.2, 0.25) is 0 Å². The number of anilines is 1. The van der Waals surface area contributed by atoms with Crippen LogP contribution in [-0.4, -0.2) is 38.0 Å². The van der Waals surface area contributed by atoms with Gasteiger partial charge in [-0.05, 0) is 18.2 Å². The molecule has 1 aromatic rings. The number of hydrogen-bond acceptors (Lipinski definition) is 3. The van der Waals surface area contributed by atoms with Crippen LogP contribution in [0, 0.1) is 0 Å². The van der Waals surface area contributed by atoms with Gasteiger partial charge in [0.1, 0.15) is 0 Å². The monoisotopic (exact) mass is 336 g/mol. The molecule has 1 rings (SSSR count). The fourth-order valence-electron chi connectivity index (χ4n) is 1.60. The Morgan fingerprint density at radius 3 is 2.55 bits per heavy atom. The summed E-state index contributed by atoms with van der Waals surface area (Å²) >= 11 is 0. The average molecular weight is 336 g/mol. The van der Waals surface area contributed by atoms with Crippen molar-refractivity contribution in [2.75, 3.05) is 24.7 Å². The van der Waals surface area contributed by atoms with Gasteiger partial charge < -0.3 is 5.32 Å². The van der Waals surface area contributed by atoms with Gasteiger partial charge in [-0.1, -0.05) is 12.1 Å². The number of amides is 1. The van der Waals surface area contributed by atoms with Crippen LogP contribution >= 0.6 is 0 Å². The van der Waals surface area contributed by atoms with Crippen molar-refractivity contribution >= 4 is 21.6 Å². The second-order valence-corrected chi connectivity index (χ2v) is 6.45. The number of carbonyl (C=O) groups excluding carboxylic acids is 1. The molecular formula is C13H15F3N2O3S. The zero-order chi connectivity index (χ0) is 17.0. The highest BCUT2D eigenvalue weighted by molar-refractivity contribution is 7.88. The Kier molecular flexibility index (Phi) is 5.72. The highest BCUT2D eigenvalue weighted by Crippen LogP contribution is 2.30. The van der Waals surface area contributed by atoms with E-state index in [1.54, 1.807) is 0 Å². The molecule has 0 heterocycles. The summed E-state index contributed by atoms with van der Waals surface area (Å²) in [6.45, 7) is 2.79. The van der Waals surface area contributed by atoms with Gasteiger partial charge in [0.05, 0.1) is 18.4 Å². The van der Waals surface area contributed by atoms with Crippen LogP contribution in [0.5, 0.6) is 0 Å². The third-order valence-corrected chi connectivity index (χ3v) is 3.81. The fraction of sp³-hybridized carbons (Fsp3) is 0.308. The van der Waals surface area contributed by atoms with Crippen molar-refractivity contribution in [2.24, 2.45) is 0 Å². The summed E-state index contributed by atoms with van der Waals surface area (Å²) < 4.78 is 61.4. The number of hydrogen-bond donors (Lipinski definition) is 1. The lowest BCUT2D eigenvalue weighted by molar-refractivity contribution is -0.137. The molecule has 0 aliphatic carbocycles. The van der Waals surface area contributed by atoms with Crippen LogP contribution in [0.1, 0.15) is 5.56 Å². The van der Waals surface area contributed by atoms with Gasteiger partial charge in [-0.2, -0.15) is 17.5 Å². The summed E-state index contributed by atoms with van der Waals surface area (Å²) in [4.78, 5) is 11.8. The molecule has 5 nitrogen and oxygen atoms in total. The predicted octanol–water partition coefficient (Wildman–Crippen LogP) is 2.09. The number of halogens is 3. The Labute approximate surface area is 126 Å². The van der Waals surface area contributed by atoms with E-state index in [9.17, 15) is 26.4 Å². The molecular weight excluding hydrogens is 321 g/mol. The molecule has 0 fully saturated rings. The first-order valence-electron chi connectivity index (χ1n) is 6.07. The summed E-state index contributed by atoms with van der Waals surface area (Å²) in [5.74, 6) is -0.744. The summed E-state index contributed by atoms with van der Waals surface area (Å²) in [5.41, 5.74) is -0.969. The number of carbonyl (C=O) groups is 1. The molecule has 0 saturated heterocycles. The molecule has 9 heteroatoms. The number of nitrogens with zero attached hydrogens (tertiary/aromatic N) is 1. The Morgan fingerprint density at radius 1 is 1.41 bits per heavy atom. The van der Waals surface area contributed by atoms with E-state index in [4.69, 9.17) is 0 Å². The lowest BCUT2D eigenvalue weighted by Crippen LogP contribution is -2.37. The van der Waals surface area contributed by atoms with Crippen LogP contribution in [-0.2, 0) is 21.0 Å². The van der Waals surface area contributed by atoms with Crippen molar-refractivity contribution in [3.63, 3.8) is 0 Å². The summed E-state index contributed by atoms with van der Waals surface area (Å²) in [5, 5.41) is 2.24. The maximum Gasteiger partial charge on any atom is 0.416 e. The molecule has 0 aliphatic heterocycles. The van der Waals surface area contributed by atoms with Crippen molar-refractivity contribution in [2.45, 2.75) is 6.18 Å². The van der Waals surface area contributed by atoms with Gasteiger partial charge in [0, 0.05) is 12.2 Å². The molecule has 1 N–H and O–H groups in total. The molecule has 0 spiro atoms. The van der Waals surface area contributed by atoms with E-state index in [1.165, 1.54) is 12.1 Å². The molecule has 0 atom stereocenters. The van der Waals surface area contributed by atoms with Crippen LogP contribution in [0.3, 0.4) is 0 Å². The number of sulfonamides is 1. The van der Waals surface area contributed by atoms with Crippen LogP contribution in [0.15, 0.2) is 36.9 Å². The average Bonchev–Trinajstić information content (AvgIpc) is 2.36. The molecule has 1 amide bonds. The Hall–Kier alpha value is -1.87. The van der Waals surface area contributed by atoms with E-state index in [1.807, 2.05) is 0 Å². The molecule has 0 aliphatic rings. The van der Waals surface area contributed by atoms with Crippen LogP contribution < -0.4 is 5.32 Å². The van der Waals surface area contributed by atoms with Crippen molar-refractivity contribution in [1.29, 1.82) is 0 Å². The Bertz CT molecular complexity index is 657. The minimum Gasteiger partial charge on any atom is -0.325 e. The SMILES string of the molecule is C=CCN(CC(=O)Nc1cccc(C(F)(F)F)c1)S(C)(=O)=O. The summed E-state index contributed by atoms with van der Waals surface area (Å²) in [6.07, 6.45) is -2.30. The zero-order valence-corrected chi connectivity index (χ0v) is 12.5. The lowest BCUT2D eigenvalue weighted by atomic mass is 10.2. The van der Waals surface area contributed by atoms with E-state index in [2.05, 4.69) is 11.9 Å². The van der Waals surface area contributed by atoms with Gasteiger partial charge in [-0.15, -0.1) is 6.58 Å². The van der Waals surface area contributed by atoms with Crippen molar-refractivity contribution in [3.8, 4) is 0 Å². The van der Waals surface area contributed by atoms with E-state index in [0.717, 1.165) is 28.8 Å². The molecule has 0 radical (unpaired) electrons. The van der Waals surface area contributed by atoms with Gasteiger partial charge in [-0.3, -0.25) is 4.79 Å². The number of alkyl halides is 3. The van der Waals surface area contributed by atoms with Gasteiger partial charge in [0.15, 0.2) is 0 Å². The van der Waals surface area contributed by atoms with Crippen molar-refractivity contribution in [1.82, 2.24) is 4.31 Å². The largest absolute Gasteiger partial charge is 0.416 e. The molecule has 0 aromatic heterocycles. The van der Waals surface area contributed by atoms with Gasteiger partial charge >= 0.3 is 6.18 Å². The van der Waals surface area contributed by atoms with E-state index in [0.29, 0.717) is 0 Å². The first-order chi connectivity index (χ1) is 10.0. The zero-order valence-electron chi connectivity index (χ0n) is 11.7. The smallest absolute Gasteiger partial charge is 0.325 e. The Morgan fingerprint density at radius 2 is 2.05 bits per heavy atom. The predicted molar refractivity (Wildman–Crippen MR) is 76.7 cm³/mol. The molecule has 0 saturated carbocycles. The van der Waals surface area contributed by atoms with E-state index < -0.39 is 34.2 Å². The molecule has 1 aromatic carbocycles. The third-order valence-electron chi connectivity index (χ3n) is 2.60. The first-order valence-corrected chi connectivity index (χ1v) is 7.92. The van der Waals surface area contributed by atoms with Crippen LogP contribution in [0.25, 0.3) is 0 Å². The maximum absolute atomic E-state index is 12.6. The van der Waals surface area contributed by atoms with E-state index >= 15 is 0 Å². The quantitative estimate of drug-likeness (QED) is 0.809. The summed E-state index contributed by atoms with van der Waals surface area (Å²) in [6, 6.07) is 4.08. The fourth-order valence-corrected chi connectivity index (χ4v) is 2.32. The second-order valence-electron chi connectivity index (χ2n) is 4.47. The van der Waals surface area contributed by atoms with Gasteiger partial charge in [-0.25, -0.2) is 8.42 Å². The lowest BCUT2D eigenvalue weighted by Gasteiger charge is -2.17. The first kappa shape index (κ1) is 18.2. The topological polar surface area (TPSA) is 66.5 Å².